The normalized spacial score (nSPS) is 9.86. The Hall–Kier alpha value is -2.85. The molecule has 2 rings (SSSR count). The molecule has 0 radical (unpaired) electrons. The van der Waals surface area contributed by atoms with Crippen LogP contribution in [0, 0.1) is 22.7 Å². The van der Waals surface area contributed by atoms with Gasteiger partial charge in [-0.3, -0.25) is 0 Å². The summed E-state index contributed by atoms with van der Waals surface area (Å²) in [6.07, 6.45) is 0. The second kappa shape index (κ2) is 6.74. The van der Waals surface area contributed by atoms with Crippen molar-refractivity contribution < 1.29 is 4.39 Å². The largest absolute Gasteiger partial charge is 0.372 e. The van der Waals surface area contributed by atoms with Crippen molar-refractivity contribution in [2.45, 2.75) is 6.92 Å². The predicted octanol–water partition coefficient (Wildman–Crippen LogP) is 4.07. The monoisotopic (exact) mass is 292 g/mol. The lowest BCUT2D eigenvalue weighted by atomic mass is 9.99. The first kappa shape index (κ1) is 15.5. The van der Waals surface area contributed by atoms with Crippen LogP contribution in [0.1, 0.15) is 12.5 Å². The molecule has 0 saturated carbocycles. The average Bonchev–Trinajstić information content (AvgIpc) is 2.55. The first-order chi connectivity index (χ1) is 10.6. The van der Waals surface area contributed by atoms with Gasteiger partial charge in [-0.05, 0) is 47.0 Å². The standard InChI is InChI=1S/C18H16FN3/c1-13(17(11-20)12-21)14-3-4-16-10-18(22(2)8-7-19)6-5-15(16)9-14/h3-6,9-10H,7-8H2,1-2H3/i19-1. The van der Waals surface area contributed by atoms with Crippen LogP contribution in [0.4, 0.5) is 10.1 Å². The molecule has 110 valence electrons. The van der Waals surface area contributed by atoms with E-state index in [9.17, 15) is 4.39 Å². The summed E-state index contributed by atoms with van der Waals surface area (Å²) in [4.78, 5) is 1.86. The van der Waals surface area contributed by atoms with E-state index in [0.717, 1.165) is 22.0 Å². The van der Waals surface area contributed by atoms with Crippen LogP contribution in [-0.4, -0.2) is 20.3 Å². The number of nitrogens with zero attached hydrogens (tertiary/aromatic N) is 3. The number of fused-ring (bicyclic) bond motifs is 1. The molecule has 2 aromatic carbocycles. The van der Waals surface area contributed by atoms with E-state index in [0.29, 0.717) is 12.1 Å². The van der Waals surface area contributed by atoms with Gasteiger partial charge in [-0.1, -0.05) is 18.2 Å². The number of benzene rings is 2. The molecule has 0 N–H and O–H groups in total. The molecule has 0 bridgehead atoms. The maximum absolute atomic E-state index is 12.4. The lowest BCUT2D eigenvalue weighted by molar-refractivity contribution is 0.497. The van der Waals surface area contributed by atoms with Crippen molar-refractivity contribution in [3.8, 4) is 12.1 Å². The van der Waals surface area contributed by atoms with E-state index in [1.807, 2.05) is 60.5 Å². The molecule has 0 aromatic heterocycles. The van der Waals surface area contributed by atoms with Crippen molar-refractivity contribution >= 4 is 22.0 Å². The maximum Gasteiger partial charge on any atom is 0.133 e. The van der Waals surface area contributed by atoms with Gasteiger partial charge in [0.25, 0.3) is 0 Å². The van der Waals surface area contributed by atoms with Gasteiger partial charge in [0.05, 0.1) is 0 Å². The zero-order valence-electron chi connectivity index (χ0n) is 12.6. The number of allylic oxidation sites excluding steroid dienone is 2. The first-order valence-corrected chi connectivity index (χ1v) is 6.93. The minimum Gasteiger partial charge on any atom is -0.372 e. The molecule has 0 heterocycles. The molecule has 0 atom stereocenters. The molecule has 0 fully saturated rings. The number of rotatable bonds is 4. The predicted molar refractivity (Wildman–Crippen MR) is 87.0 cm³/mol. The molecule has 22 heavy (non-hydrogen) atoms. The van der Waals surface area contributed by atoms with Crippen LogP contribution in [0.2, 0.25) is 0 Å². The fourth-order valence-corrected chi connectivity index (χ4v) is 2.30. The lowest BCUT2D eigenvalue weighted by Crippen LogP contribution is -2.19. The van der Waals surface area contributed by atoms with Crippen molar-refractivity contribution in [2.24, 2.45) is 0 Å². The molecule has 2 aromatic rings. The fraction of sp³-hybridized carbons (Fsp3) is 0.222. The Kier molecular flexibility index (Phi) is 4.76. The minimum atomic E-state index is -0.386. The highest BCUT2D eigenvalue weighted by Gasteiger charge is 2.06. The first-order valence-electron chi connectivity index (χ1n) is 6.93. The van der Waals surface area contributed by atoms with E-state index in [-0.39, 0.29) is 12.2 Å². The van der Waals surface area contributed by atoms with Crippen LogP contribution in [-0.2, 0) is 0 Å². The Balaban J connectivity index is 2.46. The molecular formula is C18H16FN3. The highest BCUT2D eigenvalue weighted by molar-refractivity contribution is 5.89. The molecule has 0 unspecified atom stereocenters. The Morgan fingerprint density at radius 3 is 2.36 bits per heavy atom. The second-order valence-electron chi connectivity index (χ2n) is 5.08. The van der Waals surface area contributed by atoms with E-state index in [1.165, 1.54) is 0 Å². The van der Waals surface area contributed by atoms with Gasteiger partial charge in [-0.2, -0.15) is 10.5 Å². The summed E-state index contributed by atoms with van der Waals surface area (Å²) >= 11 is 0. The topological polar surface area (TPSA) is 50.8 Å². The van der Waals surface area contributed by atoms with E-state index >= 15 is 0 Å². The second-order valence-corrected chi connectivity index (χ2v) is 5.08. The lowest BCUT2D eigenvalue weighted by Gasteiger charge is -2.18. The number of anilines is 1. The van der Waals surface area contributed by atoms with Gasteiger partial charge in [0.2, 0.25) is 0 Å². The van der Waals surface area contributed by atoms with Crippen LogP contribution in [0.25, 0.3) is 16.3 Å². The molecule has 3 nitrogen and oxygen atoms in total. The van der Waals surface area contributed by atoms with Gasteiger partial charge in [-0.15, -0.1) is 0 Å². The third kappa shape index (κ3) is 3.07. The van der Waals surface area contributed by atoms with Crippen LogP contribution in [0.3, 0.4) is 0 Å². The Bertz CT molecular complexity index is 793. The van der Waals surface area contributed by atoms with Gasteiger partial charge in [0, 0.05) is 19.3 Å². The summed E-state index contributed by atoms with van der Waals surface area (Å²) in [5.74, 6) is 0. The third-order valence-corrected chi connectivity index (χ3v) is 3.72. The van der Waals surface area contributed by atoms with Crippen molar-refractivity contribution in [3.05, 3.63) is 47.5 Å². The van der Waals surface area contributed by atoms with Crippen LogP contribution >= 0.6 is 0 Å². The molecule has 0 aliphatic rings. The van der Waals surface area contributed by atoms with Gasteiger partial charge in [0.15, 0.2) is 0 Å². The quantitative estimate of drug-likeness (QED) is 0.798. The zero-order chi connectivity index (χ0) is 16.1. The summed E-state index contributed by atoms with van der Waals surface area (Å²) in [5, 5.41) is 20.0. The summed E-state index contributed by atoms with van der Waals surface area (Å²) in [6, 6.07) is 15.5. The van der Waals surface area contributed by atoms with E-state index in [1.54, 1.807) is 6.92 Å². The van der Waals surface area contributed by atoms with Crippen molar-refractivity contribution in [3.63, 3.8) is 0 Å². The van der Waals surface area contributed by atoms with Crippen LogP contribution < -0.4 is 4.90 Å². The molecule has 0 saturated heterocycles. The molecule has 0 aliphatic heterocycles. The summed E-state index contributed by atoms with van der Waals surface area (Å²) in [6.45, 7) is 1.74. The van der Waals surface area contributed by atoms with Gasteiger partial charge >= 0.3 is 0 Å². The third-order valence-electron chi connectivity index (χ3n) is 3.72. The van der Waals surface area contributed by atoms with Crippen LogP contribution in [0.5, 0.6) is 0 Å². The smallest absolute Gasteiger partial charge is 0.133 e. The zero-order valence-corrected chi connectivity index (χ0v) is 12.6. The molecule has 0 amide bonds. The highest BCUT2D eigenvalue weighted by atomic mass is 18.2. The molecule has 0 aliphatic carbocycles. The van der Waals surface area contributed by atoms with Crippen molar-refractivity contribution in [1.29, 1.82) is 10.5 Å². The fourth-order valence-electron chi connectivity index (χ4n) is 2.30. The van der Waals surface area contributed by atoms with Crippen molar-refractivity contribution in [1.82, 2.24) is 0 Å². The Morgan fingerprint density at radius 1 is 1.09 bits per heavy atom. The maximum atomic E-state index is 12.4. The van der Waals surface area contributed by atoms with E-state index < -0.39 is 0 Å². The number of halogens is 1. The van der Waals surface area contributed by atoms with E-state index in [4.69, 9.17) is 10.5 Å². The van der Waals surface area contributed by atoms with E-state index in [2.05, 4.69) is 0 Å². The van der Waals surface area contributed by atoms with Crippen LogP contribution in [0.15, 0.2) is 42.0 Å². The molecule has 0 spiro atoms. The highest BCUT2D eigenvalue weighted by Crippen LogP contribution is 2.26. The van der Waals surface area contributed by atoms with Gasteiger partial charge in [0.1, 0.15) is 24.4 Å². The summed E-state index contributed by atoms with van der Waals surface area (Å²) in [7, 11) is 1.86. The number of hydrogen-bond acceptors (Lipinski definition) is 3. The summed E-state index contributed by atoms with van der Waals surface area (Å²) < 4.78 is 12.4. The molecular weight excluding hydrogens is 276 g/mol. The Morgan fingerprint density at radius 2 is 1.73 bits per heavy atom. The van der Waals surface area contributed by atoms with Gasteiger partial charge in [-0.25, -0.2) is 4.39 Å². The number of nitriles is 2. The number of hydrogen-bond donors (Lipinski definition) is 0. The Labute approximate surface area is 129 Å². The minimum absolute atomic E-state index is 0.124. The average molecular weight is 292 g/mol. The summed E-state index contributed by atoms with van der Waals surface area (Å²) in [5.41, 5.74) is 2.61. The van der Waals surface area contributed by atoms with Crippen molar-refractivity contribution in [2.75, 3.05) is 25.2 Å². The van der Waals surface area contributed by atoms with Gasteiger partial charge < -0.3 is 4.90 Å². The SMILES string of the molecule is CC(=C(C#N)C#N)c1ccc2cc(N(C)CC[18F])ccc2c1. The molecule has 4 heteroatoms. The number of alkyl halides is 1.